The van der Waals surface area contributed by atoms with Crippen molar-refractivity contribution in [2.24, 2.45) is 0 Å². The van der Waals surface area contributed by atoms with Gasteiger partial charge in [0.15, 0.2) is 11.4 Å². The van der Waals surface area contributed by atoms with Crippen molar-refractivity contribution in [1.82, 2.24) is 0 Å². The molecule has 0 spiro atoms. The number of rotatable bonds is 8. The molecule has 2 rings (SSSR count). The number of carbonyl (C=O) groups is 3. The van der Waals surface area contributed by atoms with Gasteiger partial charge in [0.2, 0.25) is 0 Å². The van der Waals surface area contributed by atoms with Gasteiger partial charge in [-0.1, -0.05) is 30.3 Å². The minimum atomic E-state index is -1.13. The molecule has 0 heterocycles. The summed E-state index contributed by atoms with van der Waals surface area (Å²) in [6.07, 6.45) is 2.83. The predicted molar refractivity (Wildman–Crippen MR) is 113 cm³/mol. The lowest BCUT2D eigenvalue weighted by molar-refractivity contribution is -0.163. The Balaban J connectivity index is 2.07. The molecule has 0 aliphatic heterocycles. The van der Waals surface area contributed by atoms with Gasteiger partial charge in [0.25, 0.3) is 0 Å². The van der Waals surface area contributed by atoms with E-state index in [1.54, 1.807) is 82.3 Å². The largest absolute Gasteiger partial charge is 0.476 e. The molecule has 6 nitrogen and oxygen atoms in total. The van der Waals surface area contributed by atoms with E-state index in [4.69, 9.17) is 14.2 Å². The quantitative estimate of drug-likeness (QED) is 0.274. The summed E-state index contributed by atoms with van der Waals surface area (Å²) < 4.78 is 16.0. The molecule has 0 aliphatic rings. The van der Waals surface area contributed by atoms with Gasteiger partial charge in [-0.2, -0.15) is 0 Å². The summed E-state index contributed by atoms with van der Waals surface area (Å²) in [5.74, 6) is -0.499. The minimum absolute atomic E-state index is 0.221. The molecule has 0 aromatic heterocycles. The number of esters is 2. The lowest BCUT2D eigenvalue weighted by atomic mass is 10.1. The maximum Gasteiger partial charge on any atom is 0.350 e. The Labute approximate surface area is 176 Å². The summed E-state index contributed by atoms with van der Waals surface area (Å²) in [5, 5.41) is 0. The van der Waals surface area contributed by atoms with Crippen molar-refractivity contribution in [1.29, 1.82) is 0 Å². The van der Waals surface area contributed by atoms with Gasteiger partial charge in [-0.3, -0.25) is 9.59 Å². The Morgan fingerprint density at radius 3 is 2.20 bits per heavy atom. The normalized spacial score (nSPS) is 11.4. The second-order valence-electron chi connectivity index (χ2n) is 7.42. The van der Waals surface area contributed by atoms with Crippen LogP contribution in [0.25, 0.3) is 6.08 Å². The fourth-order valence-electron chi connectivity index (χ4n) is 2.51. The van der Waals surface area contributed by atoms with Gasteiger partial charge in [0, 0.05) is 6.92 Å². The summed E-state index contributed by atoms with van der Waals surface area (Å²) in [6.45, 7) is 8.13. The van der Waals surface area contributed by atoms with Gasteiger partial charge in [-0.05, 0) is 63.6 Å². The molecule has 0 aliphatic carbocycles. The highest BCUT2D eigenvalue weighted by molar-refractivity contribution is 6.08. The molecule has 2 aromatic rings. The van der Waals surface area contributed by atoms with E-state index in [-0.39, 0.29) is 17.6 Å². The molecule has 0 amide bonds. The van der Waals surface area contributed by atoms with Crippen molar-refractivity contribution < 1.29 is 28.6 Å². The molecule has 0 fully saturated rings. The highest BCUT2D eigenvalue weighted by Gasteiger charge is 2.32. The molecule has 2 aromatic carbocycles. The maximum atomic E-state index is 12.5. The second-order valence-corrected chi connectivity index (χ2v) is 7.42. The van der Waals surface area contributed by atoms with Gasteiger partial charge < -0.3 is 14.2 Å². The zero-order chi connectivity index (χ0) is 22.3. The smallest absolute Gasteiger partial charge is 0.350 e. The van der Waals surface area contributed by atoms with Crippen LogP contribution < -0.4 is 9.47 Å². The number of carbonyl (C=O) groups excluding carboxylic acids is 3. The average Bonchev–Trinajstić information content (AvgIpc) is 2.66. The van der Waals surface area contributed by atoms with E-state index in [0.29, 0.717) is 11.3 Å². The van der Waals surface area contributed by atoms with Crippen LogP contribution in [0.5, 0.6) is 11.5 Å². The molecule has 158 valence electrons. The average molecular weight is 410 g/mol. The highest BCUT2D eigenvalue weighted by atomic mass is 16.6. The summed E-state index contributed by atoms with van der Waals surface area (Å²) in [5.41, 5.74) is -0.0598. The van der Waals surface area contributed by atoms with Crippen LogP contribution >= 0.6 is 0 Å². The molecular formula is C24H26O6. The number of ketones is 1. The van der Waals surface area contributed by atoms with E-state index in [0.717, 1.165) is 5.56 Å². The van der Waals surface area contributed by atoms with E-state index < -0.39 is 17.5 Å². The van der Waals surface area contributed by atoms with Crippen LogP contribution in [0.2, 0.25) is 0 Å². The van der Waals surface area contributed by atoms with Crippen LogP contribution in [-0.4, -0.2) is 29.4 Å². The molecule has 6 heteroatoms. The second kappa shape index (κ2) is 9.87. The third-order valence-corrected chi connectivity index (χ3v) is 3.92. The number of allylic oxidation sites excluding steroid dienone is 1. The molecular weight excluding hydrogens is 384 g/mol. The Morgan fingerprint density at radius 1 is 0.967 bits per heavy atom. The van der Waals surface area contributed by atoms with Gasteiger partial charge in [0.05, 0.1) is 11.7 Å². The van der Waals surface area contributed by atoms with Crippen molar-refractivity contribution in [3.05, 3.63) is 65.7 Å². The van der Waals surface area contributed by atoms with Gasteiger partial charge >= 0.3 is 11.9 Å². The molecule has 0 N–H and O–H groups in total. The lowest BCUT2D eigenvalue weighted by Crippen LogP contribution is -2.40. The van der Waals surface area contributed by atoms with E-state index in [2.05, 4.69) is 0 Å². The first-order valence-electron chi connectivity index (χ1n) is 9.58. The third kappa shape index (κ3) is 6.58. The molecule has 30 heavy (non-hydrogen) atoms. The third-order valence-electron chi connectivity index (χ3n) is 3.92. The molecule has 0 unspecified atom stereocenters. The van der Waals surface area contributed by atoms with Crippen molar-refractivity contribution in [3.63, 3.8) is 0 Å². The first kappa shape index (κ1) is 22.9. The van der Waals surface area contributed by atoms with E-state index in [1.807, 2.05) is 0 Å². The number of para-hydroxylation sites is 1. The van der Waals surface area contributed by atoms with Crippen LogP contribution in [-0.2, 0) is 14.3 Å². The Hall–Kier alpha value is -3.41. The fraction of sp³-hybridized carbons (Fsp3) is 0.292. The Kier molecular flexibility index (Phi) is 7.53. The number of hydrogen-bond acceptors (Lipinski definition) is 6. The van der Waals surface area contributed by atoms with Gasteiger partial charge in [-0.25, -0.2) is 4.79 Å². The molecule has 0 bridgehead atoms. The van der Waals surface area contributed by atoms with E-state index in [9.17, 15) is 14.4 Å². The fourth-order valence-corrected chi connectivity index (χ4v) is 2.51. The molecule has 0 radical (unpaired) electrons. The van der Waals surface area contributed by atoms with Crippen LogP contribution in [0.15, 0.2) is 54.6 Å². The number of benzene rings is 2. The summed E-state index contributed by atoms with van der Waals surface area (Å²) >= 11 is 0. The zero-order valence-corrected chi connectivity index (χ0v) is 17.8. The molecule has 0 atom stereocenters. The number of ether oxygens (including phenoxy) is 3. The standard InChI is InChI=1S/C24H26O6/c1-16(2)28-23(27)24(4,5)30-19-13-10-18(11-14-19)12-15-21(26)20-8-6-7-9-22(20)29-17(3)25/h6-16H,1-5H3/b15-12+. The minimum Gasteiger partial charge on any atom is -0.476 e. The zero-order valence-electron chi connectivity index (χ0n) is 17.8. The van der Waals surface area contributed by atoms with Crippen LogP contribution in [0.4, 0.5) is 0 Å². The van der Waals surface area contributed by atoms with Gasteiger partial charge in [-0.15, -0.1) is 0 Å². The number of hydrogen-bond donors (Lipinski definition) is 0. The molecule has 0 saturated carbocycles. The van der Waals surface area contributed by atoms with Crippen molar-refractivity contribution in [2.75, 3.05) is 0 Å². The Bertz CT molecular complexity index is 938. The summed E-state index contributed by atoms with van der Waals surface area (Å²) in [4.78, 5) is 35.8. The summed E-state index contributed by atoms with van der Waals surface area (Å²) in [6, 6.07) is 13.5. The van der Waals surface area contributed by atoms with Crippen molar-refractivity contribution in [2.45, 2.75) is 46.3 Å². The maximum absolute atomic E-state index is 12.5. The predicted octanol–water partition coefficient (Wildman–Crippen LogP) is 4.62. The Morgan fingerprint density at radius 2 is 1.60 bits per heavy atom. The van der Waals surface area contributed by atoms with E-state index in [1.165, 1.54) is 13.0 Å². The summed E-state index contributed by atoms with van der Waals surface area (Å²) in [7, 11) is 0. The highest BCUT2D eigenvalue weighted by Crippen LogP contribution is 2.22. The van der Waals surface area contributed by atoms with Crippen molar-refractivity contribution >= 4 is 23.8 Å². The first-order valence-corrected chi connectivity index (χ1v) is 9.58. The van der Waals surface area contributed by atoms with Crippen LogP contribution in [0, 0.1) is 0 Å². The van der Waals surface area contributed by atoms with Crippen molar-refractivity contribution in [3.8, 4) is 11.5 Å². The topological polar surface area (TPSA) is 78.9 Å². The first-order chi connectivity index (χ1) is 14.1. The SMILES string of the molecule is CC(=O)Oc1ccccc1C(=O)/C=C/c1ccc(OC(C)(C)C(=O)OC(C)C)cc1. The van der Waals surface area contributed by atoms with Crippen LogP contribution in [0.1, 0.15) is 50.5 Å². The monoisotopic (exact) mass is 410 g/mol. The van der Waals surface area contributed by atoms with E-state index >= 15 is 0 Å². The van der Waals surface area contributed by atoms with Gasteiger partial charge in [0.1, 0.15) is 11.5 Å². The molecule has 0 saturated heterocycles. The van der Waals surface area contributed by atoms with Crippen LogP contribution in [0.3, 0.4) is 0 Å². The lowest BCUT2D eigenvalue weighted by Gasteiger charge is -2.25.